The molecule has 0 saturated carbocycles. The van der Waals surface area contributed by atoms with Crippen LogP contribution in [-0.2, 0) is 22.4 Å². The number of aromatic nitrogens is 2. The lowest BCUT2D eigenvalue weighted by Crippen LogP contribution is -2.38. The number of rotatable bonds is 11. The second-order valence-corrected chi connectivity index (χ2v) is 8.28. The van der Waals surface area contributed by atoms with E-state index in [0.29, 0.717) is 36.6 Å². The van der Waals surface area contributed by atoms with Crippen molar-refractivity contribution in [3.63, 3.8) is 0 Å². The summed E-state index contributed by atoms with van der Waals surface area (Å²) < 4.78 is 4.91. The number of nitrogens with one attached hydrogen (secondary N) is 3. The van der Waals surface area contributed by atoms with Gasteiger partial charge in [0, 0.05) is 32.4 Å². The first-order chi connectivity index (χ1) is 16.6. The summed E-state index contributed by atoms with van der Waals surface area (Å²) in [6, 6.07) is 7.69. The van der Waals surface area contributed by atoms with E-state index in [4.69, 9.17) is 15.5 Å². The highest BCUT2D eigenvalue weighted by molar-refractivity contribution is 5.96. The lowest BCUT2D eigenvalue weighted by atomic mass is 10.1. The van der Waals surface area contributed by atoms with Crippen LogP contribution in [0.2, 0.25) is 0 Å². The summed E-state index contributed by atoms with van der Waals surface area (Å²) >= 11 is 0. The molecular weight excluding hydrogens is 450 g/mol. The molecule has 2 aromatic rings. The number of benzene rings is 1. The first-order valence-corrected chi connectivity index (χ1v) is 11.5. The minimum Gasteiger partial charge on any atom is -0.436 e. The summed E-state index contributed by atoms with van der Waals surface area (Å²) in [5.41, 5.74) is 8.00. The molecule has 0 bridgehead atoms. The van der Waals surface area contributed by atoms with Gasteiger partial charge in [-0.1, -0.05) is 19.1 Å². The molecule has 0 fully saturated rings. The summed E-state index contributed by atoms with van der Waals surface area (Å²) in [4.78, 5) is 46.6. The molecule has 0 aliphatic heterocycles. The third kappa shape index (κ3) is 7.56. The molecule has 0 spiro atoms. The van der Waals surface area contributed by atoms with E-state index < -0.39 is 18.1 Å². The molecule has 0 aliphatic carbocycles. The van der Waals surface area contributed by atoms with Crippen molar-refractivity contribution < 1.29 is 19.1 Å². The number of aryl methyl sites for hydroxylation is 1. The van der Waals surface area contributed by atoms with Crippen LogP contribution in [0.3, 0.4) is 0 Å². The van der Waals surface area contributed by atoms with E-state index in [1.807, 2.05) is 57.0 Å². The van der Waals surface area contributed by atoms with Gasteiger partial charge in [0.15, 0.2) is 23.4 Å². The Balaban J connectivity index is 2.17. The van der Waals surface area contributed by atoms with Crippen molar-refractivity contribution in [2.24, 2.45) is 5.73 Å². The average Bonchev–Trinajstić information content (AvgIpc) is 2.83. The standard InChI is InChI=1S/C24H35N7O4/c1-7-18-22(31(6)14(2)3)30-21(19(29-18)20(25)32)28-17-10-8-9-16(13-17)11-12-27-23(33)15(4)35-24(34)26-5/h8-10,13-15H,7,11-12H2,1-6H3,(H2,25,32)(H,26,34)(H,27,33)(H,28,30). The number of nitrogens with two attached hydrogens (primary N) is 1. The average molecular weight is 486 g/mol. The van der Waals surface area contributed by atoms with Gasteiger partial charge in [0.05, 0.1) is 5.69 Å². The van der Waals surface area contributed by atoms with Crippen molar-refractivity contribution in [1.82, 2.24) is 20.6 Å². The van der Waals surface area contributed by atoms with Crippen LogP contribution < -0.4 is 26.6 Å². The van der Waals surface area contributed by atoms with Gasteiger partial charge in [0.25, 0.3) is 11.8 Å². The molecule has 0 saturated heterocycles. The molecule has 1 heterocycles. The predicted molar refractivity (Wildman–Crippen MR) is 135 cm³/mol. The maximum atomic E-state index is 12.1. The zero-order valence-corrected chi connectivity index (χ0v) is 21.1. The van der Waals surface area contributed by atoms with Crippen molar-refractivity contribution >= 4 is 35.2 Å². The molecular formula is C24H35N7O4. The second-order valence-electron chi connectivity index (χ2n) is 8.28. The quantitative estimate of drug-likeness (QED) is 0.378. The van der Waals surface area contributed by atoms with Crippen LogP contribution in [0.15, 0.2) is 24.3 Å². The van der Waals surface area contributed by atoms with Crippen LogP contribution in [0.1, 0.15) is 49.4 Å². The number of ether oxygens (including phenoxy) is 1. The zero-order chi connectivity index (χ0) is 26.1. The van der Waals surface area contributed by atoms with Crippen molar-refractivity contribution in [2.45, 2.75) is 52.7 Å². The van der Waals surface area contributed by atoms with E-state index in [0.717, 1.165) is 5.56 Å². The Morgan fingerprint density at radius 2 is 1.89 bits per heavy atom. The molecule has 35 heavy (non-hydrogen) atoms. The van der Waals surface area contributed by atoms with Crippen LogP contribution >= 0.6 is 0 Å². The highest BCUT2D eigenvalue weighted by atomic mass is 16.6. The largest absolute Gasteiger partial charge is 0.436 e. The van der Waals surface area contributed by atoms with Gasteiger partial charge in [-0.05, 0) is 51.3 Å². The van der Waals surface area contributed by atoms with Gasteiger partial charge in [-0.3, -0.25) is 9.59 Å². The number of carbonyl (C=O) groups excluding carboxylic acids is 3. The molecule has 11 nitrogen and oxygen atoms in total. The molecule has 1 unspecified atom stereocenters. The number of amides is 3. The molecule has 1 aromatic carbocycles. The van der Waals surface area contributed by atoms with E-state index in [2.05, 4.69) is 20.9 Å². The van der Waals surface area contributed by atoms with Gasteiger partial charge in [0.2, 0.25) is 0 Å². The van der Waals surface area contributed by atoms with Gasteiger partial charge in [-0.15, -0.1) is 0 Å². The van der Waals surface area contributed by atoms with Gasteiger partial charge >= 0.3 is 6.09 Å². The highest BCUT2D eigenvalue weighted by Gasteiger charge is 2.20. The summed E-state index contributed by atoms with van der Waals surface area (Å²) in [5.74, 6) is -0.0905. The number of carbonyl (C=O) groups is 3. The number of nitrogens with zero attached hydrogens (tertiary/aromatic N) is 3. The number of alkyl carbamates (subject to hydrolysis) is 1. The monoisotopic (exact) mass is 485 g/mol. The third-order valence-electron chi connectivity index (χ3n) is 5.38. The Morgan fingerprint density at radius 3 is 2.49 bits per heavy atom. The van der Waals surface area contributed by atoms with E-state index >= 15 is 0 Å². The van der Waals surface area contributed by atoms with Crippen molar-refractivity contribution in [3.05, 3.63) is 41.2 Å². The summed E-state index contributed by atoms with van der Waals surface area (Å²) in [6.07, 6.45) is -0.426. The Kier molecular flexibility index (Phi) is 9.80. The molecule has 2 rings (SSSR count). The van der Waals surface area contributed by atoms with Crippen LogP contribution in [-0.4, -0.2) is 60.7 Å². The fourth-order valence-corrected chi connectivity index (χ4v) is 3.17. The number of hydrogen-bond donors (Lipinski definition) is 4. The normalized spacial score (nSPS) is 11.5. The molecule has 1 atom stereocenters. The molecule has 3 amide bonds. The fraction of sp³-hybridized carbons (Fsp3) is 0.458. The van der Waals surface area contributed by atoms with E-state index in [1.54, 1.807) is 0 Å². The predicted octanol–water partition coefficient (Wildman–Crippen LogP) is 2.13. The molecule has 190 valence electrons. The van der Waals surface area contributed by atoms with E-state index in [1.165, 1.54) is 14.0 Å². The minimum atomic E-state index is -0.905. The van der Waals surface area contributed by atoms with Gasteiger partial charge in [-0.25, -0.2) is 14.8 Å². The van der Waals surface area contributed by atoms with Gasteiger partial charge in [-0.2, -0.15) is 0 Å². The summed E-state index contributed by atoms with van der Waals surface area (Å²) in [6.45, 7) is 7.90. The van der Waals surface area contributed by atoms with E-state index in [9.17, 15) is 14.4 Å². The van der Waals surface area contributed by atoms with Gasteiger partial charge in [0.1, 0.15) is 0 Å². The number of hydrogen-bond acceptors (Lipinski definition) is 8. The van der Waals surface area contributed by atoms with Gasteiger partial charge < -0.3 is 31.3 Å². The second kappa shape index (κ2) is 12.5. The lowest BCUT2D eigenvalue weighted by molar-refractivity contribution is -0.128. The molecule has 0 aliphatic rings. The van der Waals surface area contributed by atoms with Crippen LogP contribution in [0, 0.1) is 0 Å². The lowest BCUT2D eigenvalue weighted by Gasteiger charge is -2.25. The minimum absolute atomic E-state index is 0.0746. The maximum absolute atomic E-state index is 12.1. The van der Waals surface area contributed by atoms with Crippen molar-refractivity contribution in [3.8, 4) is 0 Å². The van der Waals surface area contributed by atoms with E-state index in [-0.39, 0.29) is 23.5 Å². The third-order valence-corrected chi connectivity index (χ3v) is 5.38. The molecule has 1 aromatic heterocycles. The highest BCUT2D eigenvalue weighted by Crippen LogP contribution is 2.25. The summed E-state index contributed by atoms with van der Waals surface area (Å²) in [7, 11) is 3.35. The number of anilines is 3. The molecule has 0 radical (unpaired) electrons. The smallest absolute Gasteiger partial charge is 0.407 e. The SMILES string of the molecule is CCc1nc(C(N)=O)c(Nc2cccc(CCNC(=O)C(C)OC(=O)NC)c2)nc1N(C)C(C)C. The zero-order valence-electron chi connectivity index (χ0n) is 21.1. The van der Waals surface area contributed by atoms with Crippen LogP contribution in [0.25, 0.3) is 0 Å². The molecule has 11 heteroatoms. The van der Waals surface area contributed by atoms with Crippen molar-refractivity contribution in [2.75, 3.05) is 30.9 Å². The Labute approximate surface area is 205 Å². The fourth-order valence-electron chi connectivity index (χ4n) is 3.17. The maximum Gasteiger partial charge on any atom is 0.407 e. The van der Waals surface area contributed by atoms with Crippen LogP contribution in [0.5, 0.6) is 0 Å². The molecule has 5 N–H and O–H groups in total. The number of primary amides is 1. The summed E-state index contributed by atoms with van der Waals surface area (Å²) in [5, 5.41) is 8.22. The first-order valence-electron chi connectivity index (χ1n) is 11.5. The van der Waals surface area contributed by atoms with Crippen LogP contribution in [0.4, 0.5) is 22.1 Å². The first kappa shape index (κ1) is 27.4. The van der Waals surface area contributed by atoms with Crippen molar-refractivity contribution in [1.29, 1.82) is 0 Å². The topological polar surface area (TPSA) is 152 Å². The Bertz CT molecular complexity index is 1060. The Morgan fingerprint density at radius 1 is 1.17 bits per heavy atom. The Hall–Kier alpha value is -3.89.